The molecule has 0 atom stereocenters. The van der Waals surface area contributed by atoms with Gasteiger partial charge in [-0.3, -0.25) is 4.90 Å². The van der Waals surface area contributed by atoms with Crippen LogP contribution in [-0.2, 0) is 6.54 Å². The van der Waals surface area contributed by atoms with Gasteiger partial charge in [-0.05, 0) is 45.3 Å². The van der Waals surface area contributed by atoms with E-state index in [1.807, 2.05) is 12.1 Å². The Hall–Kier alpha value is -1.13. The van der Waals surface area contributed by atoms with Gasteiger partial charge in [0.1, 0.15) is 0 Å². The van der Waals surface area contributed by atoms with Crippen molar-refractivity contribution < 1.29 is 9.13 Å². The van der Waals surface area contributed by atoms with Crippen molar-refractivity contribution in [2.75, 3.05) is 20.7 Å². The zero-order valence-electron chi connectivity index (χ0n) is 13.4. The third-order valence-corrected chi connectivity index (χ3v) is 4.50. The maximum absolute atomic E-state index is 14.2. The van der Waals surface area contributed by atoms with Crippen molar-refractivity contribution in [3.63, 3.8) is 0 Å². The first-order valence-corrected chi connectivity index (χ1v) is 7.90. The molecule has 4 heteroatoms. The second-order valence-corrected chi connectivity index (χ2v) is 5.91. The van der Waals surface area contributed by atoms with Gasteiger partial charge in [-0.25, -0.2) is 4.39 Å². The summed E-state index contributed by atoms with van der Waals surface area (Å²) in [4.78, 5) is 2.28. The van der Waals surface area contributed by atoms with Crippen molar-refractivity contribution in [3.05, 3.63) is 29.6 Å². The van der Waals surface area contributed by atoms with E-state index in [0.29, 0.717) is 29.9 Å². The third kappa shape index (κ3) is 4.17. The van der Waals surface area contributed by atoms with E-state index in [0.717, 1.165) is 6.54 Å². The maximum atomic E-state index is 14.2. The van der Waals surface area contributed by atoms with Crippen LogP contribution in [-0.4, -0.2) is 37.7 Å². The molecule has 2 rings (SSSR count). The number of nitrogens with zero attached hydrogens (tertiary/aromatic N) is 1. The van der Waals surface area contributed by atoms with Crippen LogP contribution in [0.15, 0.2) is 18.2 Å². The molecule has 0 bridgehead atoms. The number of nitrogens with one attached hydrogen (secondary N) is 1. The van der Waals surface area contributed by atoms with E-state index in [-0.39, 0.29) is 5.82 Å². The Kier molecular flexibility index (Phi) is 6.00. The van der Waals surface area contributed by atoms with E-state index in [9.17, 15) is 4.39 Å². The van der Waals surface area contributed by atoms with E-state index in [1.165, 1.54) is 32.8 Å². The number of benzene rings is 1. The van der Waals surface area contributed by atoms with E-state index in [1.54, 1.807) is 6.07 Å². The zero-order valence-corrected chi connectivity index (χ0v) is 13.4. The number of rotatable bonds is 6. The summed E-state index contributed by atoms with van der Waals surface area (Å²) in [6.45, 7) is 3.84. The lowest BCUT2D eigenvalue weighted by Crippen LogP contribution is -2.40. The number of methoxy groups -OCH3 is 1. The second kappa shape index (κ2) is 7.76. The Bertz CT molecular complexity index is 444. The minimum atomic E-state index is -0.229. The molecule has 0 aromatic heterocycles. The number of hydrogen-bond donors (Lipinski definition) is 1. The highest BCUT2D eigenvalue weighted by molar-refractivity contribution is 5.31. The Labute approximate surface area is 127 Å². The second-order valence-electron chi connectivity index (χ2n) is 5.91. The normalized spacial score (nSPS) is 22.5. The predicted molar refractivity (Wildman–Crippen MR) is 84.1 cm³/mol. The van der Waals surface area contributed by atoms with Crippen LogP contribution in [0.1, 0.15) is 38.2 Å². The Morgan fingerprint density at radius 3 is 2.62 bits per heavy atom. The summed E-state index contributed by atoms with van der Waals surface area (Å²) in [5.41, 5.74) is 0.714. The van der Waals surface area contributed by atoms with Gasteiger partial charge in [0.05, 0.1) is 7.11 Å². The first kappa shape index (κ1) is 16.2. The summed E-state index contributed by atoms with van der Waals surface area (Å²) >= 11 is 0. The van der Waals surface area contributed by atoms with Gasteiger partial charge in [-0.2, -0.15) is 0 Å². The minimum Gasteiger partial charge on any atom is -0.494 e. The number of halogens is 1. The summed E-state index contributed by atoms with van der Waals surface area (Å²) in [6, 6.07) is 6.57. The highest BCUT2D eigenvalue weighted by Gasteiger charge is 2.24. The summed E-state index contributed by atoms with van der Waals surface area (Å²) in [5.74, 6) is 0.102. The van der Waals surface area contributed by atoms with Crippen LogP contribution < -0.4 is 10.1 Å². The zero-order chi connectivity index (χ0) is 15.2. The van der Waals surface area contributed by atoms with Crippen LogP contribution in [0.3, 0.4) is 0 Å². The Balaban J connectivity index is 1.92. The number of ether oxygens (including phenoxy) is 1. The van der Waals surface area contributed by atoms with Crippen LogP contribution in [0.4, 0.5) is 4.39 Å². The van der Waals surface area contributed by atoms with Crippen molar-refractivity contribution >= 4 is 0 Å². The van der Waals surface area contributed by atoms with Crippen molar-refractivity contribution in [1.82, 2.24) is 10.2 Å². The van der Waals surface area contributed by atoms with E-state index in [2.05, 4.69) is 24.2 Å². The lowest BCUT2D eigenvalue weighted by Gasteiger charge is -2.35. The maximum Gasteiger partial charge on any atom is 0.169 e. The van der Waals surface area contributed by atoms with Crippen LogP contribution in [0.2, 0.25) is 0 Å². The molecule has 0 amide bonds. The molecule has 21 heavy (non-hydrogen) atoms. The summed E-state index contributed by atoms with van der Waals surface area (Å²) < 4.78 is 19.3. The highest BCUT2D eigenvalue weighted by Crippen LogP contribution is 2.26. The summed E-state index contributed by atoms with van der Waals surface area (Å²) in [6.07, 6.45) is 4.78. The van der Waals surface area contributed by atoms with Gasteiger partial charge in [0, 0.05) is 24.2 Å². The fourth-order valence-corrected chi connectivity index (χ4v) is 3.24. The third-order valence-electron chi connectivity index (χ3n) is 4.50. The quantitative estimate of drug-likeness (QED) is 0.872. The standard InChI is InChI=1S/C17H27FN2O/c1-4-19-14-8-10-15(11-9-14)20(2)12-13-6-5-7-16(21-3)17(13)18/h5-7,14-15,19H,4,8-12H2,1-3H3. The van der Waals surface area contributed by atoms with Crippen LogP contribution in [0.25, 0.3) is 0 Å². The molecule has 0 heterocycles. The molecule has 0 saturated heterocycles. The predicted octanol–water partition coefficient (Wildman–Crippen LogP) is 3.19. The first-order chi connectivity index (χ1) is 10.2. The molecule has 1 aliphatic carbocycles. The average Bonchev–Trinajstić information content (AvgIpc) is 2.50. The molecule has 0 radical (unpaired) electrons. The van der Waals surface area contributed by atoms with Gasteiger partial charge in [0.25, 0.3) is 0 Å². The fourth-order valence-electron chi connectivity index (χ4n) is 3.24. The van der Waals surface area contributed by atoms with Crippen molar-refractivity contribution in [2.24, 2.45) is 0 Å². The lowest BCUT2D eigenvalue weighted by molar-refractivity contribution is 0.166. The molecular formula is C17H27FN2O. The molecule has 0 spiro atoms. The van der Waals surface area contributed by atoms with Gasteiger partial charge in [0.2, 0.25) is 0 Å². The van der Waals surface area contributed by atoms with Crippen molar-refractivity contribution in [3.8, 4) is 5.75 Å². The molecular weight excluding hydrogens is 267 g/mol. The number of hydrogen-bond acceptors (Lipinski definition) is 3. The molecule has 1 aromatic carbocycles. The molecule has 0 aliphatic heterocycles. The topological polar surface area (TPSA) is 24.5 Å². The smallest absolute Gasteiger partial charge is 0.169 e. The van der Waals surface area contributed by atoms with Gasteiger partial charge >= 0.3 is 0 Å². The van der Waals surface area contributed by atoms with Gasteiger partial charge in [0.15, 0.2) is 11.6 Å². The fraction of sp³-hybridized carbons (Fsp3) is 0.647. The van der Waals surface area contributed by atoms with E-state index in [4.69, 9.17) is 4.74 Å². The van der Waals surface area contributed by atoms with Crippen LogP contribution in [0.5, 0.6) is 5.75 Å². The van der Waals surface area contributed by atoms with E-state index >= 15 is 0 Å². The van der Waals surface area contributed by atoms with Gasteiger partial charge in [-0.15, -0.1) is 0 Å². The molecule has 1 aliphatic rings. The van der Waals surface area contributed by atoms with E-state index < -0.39 is 0 Å². The Morgan fingerprint density at radius 1 is 1.29 bits per heavy atom. The summed E-state index contributed by atoms with van der Waals surface area (Å²) in [7, 11) is 3.60. The molecule has 118 valence electrons. The van der Waals surface area contributed by atoms with Crippen molar-refractivity contribution in [2.45, 2.75) is 51.2 Å². The molecule has 1 N–H and O–H groups in total. The average molecular weight is 294 g/mol. The minimum absolute atomic E-state index is 0.229. The van der Waals surface area contributed by atoms with Gasteiger partial charge in [-0.1, -0.05) is 19.1 Å². The van der Waals surface area contributed by atoms with Crippen molar-refractivity contribution in [1.29, 1.82) is 0 Å². The molecule has 0 unspecified atom stereocenters. The SMILES string of the molecule is CCNC1CCC(N(C)Cc2cccc(OC)c2F)CC1. The molecule has 1 aromatic rings. The van der Waals surface area contributed by atoms with Gasteiger partial charge < -0.3 is 10.1 Å². The summed E-state index contributed by atoms with van der Waals surface area (Å²) in [5, 5.41) is 3.52. The highest BCUT2D eigenvalue weighted by atomic mass is 19.1. The molecule has 3 nitrogen and oxygen atoms in total. The first-order valence-electron chi connectivity index (χ1n) is 7.90. The van der Waals surface area contributed by atoms with Crippen LogP contribution >= 0.6 is 0 Å². The largest absolute Gasteiger partial charge is 0.494 e. The molecule has 1 saturated carbocycles. The Morgan fingerprint density at radius 2 is 2.00 bits per heavy atom. The van der Waals surface area contributed by atoms with Crippen LogP contribution in [0, 0.1) is 5.82 Å². The lowest BCUT2D eigenvalue weighted by atomic mass is 9.90. The monoisotopic (exact) mass is 294 g/mol. The molecule has 1 fully saturated rings.